The summed E-state index contributed by atoms with van der Waals surface area (Å²) in [5.41, 5.74) is -0.770. The zero-order valence-corrected chi connectivity index (χ0v) is 14.6. The summed E-state index contributed by atoms with van der Waals surface area (Å²) < 4.78 is 44.7. The fraction of sp³-hybridized carbons (Fsp3) is 0.647. The van der Waals surface area contributed by atoms with Crippen LogP contribution in [0.3, 0.4) is 0 Å². The summed E-state index contributed by atoms with van der Waals surface area (Å²) in [7, 11) is 0. The lowest BCUT2D eigenvalue weighted by atomic mass is 9.96. The summed E-state index contributed by atoms with van der Waals surface area (Å²) in [5.74, 6) is 0.488. The Morgan fingerprint density at radius 2 is 2.23 bits per heavy atom. The van der Waals surface area contributed by atoms with E-state index >= 15 is 0 Å². The van der Waals surface area contributed by atoms with Gasteiger partial charge in [0.15, 0.2) is 5.96 Å². The first-order chi connectivity index (χ1) is 12.5. The Balaban J connectivity index is 1.53. The van der Waals surface area contributed by atoms with E-state index in [1.807, 2.05) is 6.92 Å². The Morgan fingerprint density at radius 3 is 2.88 bits per heavy atom. The second-order valence-electron chi connectivity index (χ2n) is 6.45. The molecule has 26 heavy (non-hydrogen) atoms. The number of rotatable bonds is 6. The highest BCUT2D eigenvalue weighted by molar-refractivity contribution is 5.80. The molecule has 9 heteroatoms. The van der Waals surface area contributed by atoms with E-state index in [2.05, 4.69) is 25.9 Å². The highest BCUT2D eigenvalue weighted by Crippen LogP contribution is 2.34. The van der Waals surface area contributed by atoms with Gasteiger partial charge in [0, 0.05) is 19.3 Å². The first kappa shape index (κ1) is 18.8. The van der Waals surface area contributed by atoms with Crippen molar-refractivity contribution in [1.29, 1.82) is 0 Å². The molecule has 3 unspecified atom stereocenters. The number of aliphatic imine (C=N–C) groups is 1. The van der Waals surface area contributed by atoms with Crippen LogP contribution < -0.4 is 16.0 Å². The maximum atomic E-state index is 12.9. The molecule has 144 valence electrons. The van der Waals surface area contributed by atoms with E-state index < -0.39 is 11.7 Å². The summed E-state index contributed by atoms with van der Waals surface area (Å²) in [6.07, 6.45) is 0.613. The SMILES string of the molecule is CCNC(=NCCNc1ncccc1C(F)(F)F)NC1CC2CCC1O2. The number of aromatic nitrogens is 1. The molecule has 3 atom stereocenters. The van der Waals surface area contributed by atoms with E-state index in [1.165, 1.54) is 12.3 Å². The standard InChI is InChI=1S/C17H24F3N5O/c1-2-21-16(25-13-10-11-5-6-14(13)26-11)24-9-8-23-15-12(17(18,19)20)4-3-7-22-15/h3-4,7,11,13-14H,2,5-6,8-10H2,1H3,(H,22,23)(H2,21,24,25). The number of ether oxygens (including phenoxy) is 1. The fourth-order valence-electron chi connectivity index (χ4n) is 3.40. The molecule has 3 heterocycles. The van der Waals surface area contributed by atoms with E-state index in [-0.39, 0.29) is 24.5 Å². The van der Waals surface area contributed by atoms with Crippen molar-refractivity contribution in [2.75, 3.05) is 25.0 Å². The summed E-state index contributed by atoms with van der Waals surface area (Å²) in [6.45, 7) is 3.25. The van der Waals surface area contributed by atoms with Gasteiger partial charge in [0.1, 0.15) is 5.82 Å². The number of pyridine rings is 1. The van der Waals surface area contributed by atoms with Gasteiger partial charge in [-0.25, -0.2) is 4.98 Å². The Morgan fingerprint density at radius 1 is 1.38 bits per heavy atom. The second kappa shape index (κ2) is 8.11. The molecule has 1 aromatic heterocycles. The molecule has 3 N–H and O–H groups in total. The van der Waals surface area contributed by atoms with Gasteiger partial charge in [-0.15, -0.1) is 0 Å². The molecule has 0 radical (unpaired) electrons. The molecular formula is C17H24F3N5O. The van der Waals surface area contributed by atoms with E-state index in [4.69, 9.17) is 4.74 Å². The zero-order chi connectivity index (χ0) is 18.6. The Labute approximate surface area is 150 Å². The van der Waals surface area contributed by atoms with Gasteiger partial charge < -0.3 is 20.7 Å². The number of hydrogen-bond donors (Lipinski definition) is 3. The molecule has 2 fully saturated rings. The second-order valence-corrected chi connectivity index (χ2v) is 6.45. The monoisotopic (exact) mass is 371 g/mol. The molecule has 6 nitrogen and oxygen atoms in total. The molecule has 0 spiro atoms. The van der Waals surface area contributed by atoms with Gasteiger partial charge in [-0.2, -0.15) is 13.2 Å². The summed E-state index contributed by atoms with van der Waals surface area (Å²) in [5, 5.41) is 9.26. The van der Waals surface area contributed by atoms with Gasteiger partial charge in [0.05, 0.1) is 30.4 Å². The number of fused-ring (bicyclic) bond motifs is 2. The van der Waals surface area contributed by atoms with E-state index in [0.29, 0.717) is 25.2 Å². The quantitative estimate of drug-likeness (QED) is 0.407. The third-order valence-corrected chi connectivity index (χ3v) is 4.56. The minimum Gasteiger partial charge on any atom is -0.373 e. The molecule has 2 aliphatic heterocycles. The third kappa shape index (κ3) is 4.57. The predicted octanol–water partition coefficient (Wildman–Crippen LogP) is 2.39. The topological polar surface area (TPSA) is 70.6 Å². The first-order valence-electron chi connectivity index (χ1n) is 8.93. The molecule has 0 aliphatic carbocycles. The molecule has 2 bridgehead atoms. The lowest BCUT2D eigenvalue weighted by Gasteiger charge is -2.22. The summed E-state index contributed by atoms with van der Waals surface area (Å²) in [6, 6.07) is 2.53. The van der Waals surface area contributed by atoms with Crippen LogP contribution in [0, 0.1) is 0 Å². The molecular weight excluding hydrogens is 347 g/mol. The van der Waals surface area contributed by atoms with Crippen molar-refractivity contribution in [3.8, 4) is 0 Å². The maximum absolute atomic E-state index is 12.9. The van der Waals surface area contributed by atoms with Crippen molar-refractivity contribution in [3.05, 3.63) is 23.9 Å². The van der Waals surface area contributed by atoms with Gasteiger partial charge in [0.2, 0.25) is 0 Å². The number of anilines is 1. The minimum absolute atomic E-state index is 0.172. The zero-order valence-electron chi connectivity index (χ0n) is 14.6. The van der Waals surface area contributed by atoms with Crippen molar-refractivity contribution in [1.82, 2.24) is 15.6 Å². The maximum Gasteiger partial charge on any atom is 0.419 e. The largest absolute Gasteiger partial charge is 0.419 e. The van der Waals surface area contributed by atoms with Crippen LogP contribution in [0.4, 0.5) is 19.0 Å². The van der Waals surface area contributed by atoms with E-state index in [0.717, 1.165) is 25.3 Å². The first-order valence-corrected chi connectivity index (χ1v) is 8.93. The van der Waals surface area contributed by atoms with E-state index in [1.54, 1.807) is 0 Å². The molecule has 0 saturated carbocycles. The van der Waals surface area contributed by atoms with Crippen LogP contribution in [0.15, 0.2) is 23.3 Å². The van der Waals surface area contributed by atoms with Gasteiger partial charge >= 0.3 is 6.18 Å². The number of guanidine groups is 1. The van der Waals surface area contributed by atoms with Crippen LogP contribution in [0.1, 0.15) is 31.7 Å². The minimum atomic E-state index is -4.43. The van der Waals surface area contributed by atoms with Crippen LogP contribution in [0.5, 0.6) is 0 Å². The smallest absolute Gasteiger partial charge is 0.373 e. The molecule has 2 saturated heterocycles. The van der Waals surface area contributed by atoms with Crippen molar-refractivity contribution < 1.29 is 17.9 Å². The normalized spacial score (nSPS) is 25.4. The van der Waals surface area contributed by atoms with Crippen molar-refractivity contribution in [2.45, 2.75) is 50.6 Å². The highest BCUT2D eigenvalue weighted by atomic mass is 19.4. The Kier molecular flexibility index (Phi) is 5.85. The van der Waals surface area contributed by atoms with Crippen LogP contribution in [0.25, 0.3) is 0 Å². The van der Waals surface area contributed by atoms with Crippen molar-refractivity contribution in [3.63, 3.8) is 0 Å². The number of alkyl halides is 3. The average molecular weight is 371 g/mol. The molecule has 3 rings (SSSR count). The van der Waals surface area contributed by atoms with Gasteiger partial charge in [0.25, 0.3) is 0 Å². The average Bonchev–Trinajstić information content (AvgIpc) is 3.21. The predicted molar refractivity (Wildman–Crippen MR) is 93.1 cm³/mol. The van der Waals surface area contributed by atoms with Crippen LogP contribution in [-0.2, 0) is 10.9 Å². The number of halogens is 3. The number of nitrogens with one attached hydrogen (secondary N) is 3. The molecule has 2 aliphatic rings. The third-order valence-electron chi connectivity index (χ3n) is 4.56. The number of nitrogens with zero attached hydrogens (tertiary/aromatic N) is 2. The molecule has 0 aromatic carbocycles. The Bertz CT molecular complexity index is 637. The number of hydrogen-bond acceptors (Lipinski definition) is 4. The molecule has 0 amide bonds. The van der Waals surface area contributed by atoms with Crippen LogP contribution in [0.2, 0.25) is 0 Å². The lowest BCUT2D eigenvalue weighted by Crippen LogP contribution is -2.47. The Hall–Kier alpha value is -2.03. The lowest BCUT2D eigenvalue weighted by molar-refractivity contribution is -0.137. The van der Waals surface area contributed by atoms with Gasteiger partial charge in [-0.05, 0) is 38.3 Å². The van der Waals surface area contributed by atoms with Crippen molar-refractivity contribution in [2.24, 2.45) is 4.99 Å². The summed E-state index contributed by atoms with van der Waals surface area (Å²) >= 11 is 0. The van der Waals surface area contributed by atoms with Gasteiger partial charge in [-0.1, -0.05) is 0 Å². The van der Waals surface area contributed by atoms with Crippen molar-refractivity contribution >= 4 is 11.8 Å². The molecule has 1 aromatic rings. The summed E-state index contributed by atoms with van der Waals surface area (Å²) in [4.78, 5) is 8.21. The van der Waals surface area contributed by atoms with Gasteiger partial charge in [-0.3, -0.25) is 4.99 Å². The van der Waals surface area contributed by atoms with Crippen LogP contribution in [-0.4, -0.2) is 48.8 Å². The van der Waals surface area contributed by atoms with Crippen LogP contribution >= 0.6 is 0 Å². The van der Waals surface area contributed by atoms with E-state index in [9.17, 15) is 13.2 Å². The fourth-order valence-corrected chi connectivity index (χ4v) is 3.40. The highest BCUT2D eigenvalue weighted by Gasteiger charge is 2.41.